The zero-order chi connectivity index (χ0) is 15.2. The van der Waals surface area contributed by atoms with Crippen LogP contribution in [0.4, 0.5) is 0 Å². The van der Waals surface area contributed by atoms with Crippen molar-refractivity contribution in [1.82, 2.24) is 10.3 Å². The molecule has 0 spiro atoms. The van der Waals surface area contributed by atoms with Crippen molar-refractivity contribution in [2.24, 2.45) is 5.92 Å². The van der Waals surface area contributed by atoms with E-state index in [4.69, 9.17) is 0 Å². The van der Waals surface area contributed by atoms with E-state index in [0.717, 1.165) is 16.1 Å². The standard InChI is InChI=1S/C18H22N2OS/c21-18(12-14-5-2-1-3-6-14)20-13-15-8-9-19-16(11-15)17-7-4-10-22-17/h4,7-11,14H,1-3,5-6,12-13H2,(H,20,21). The lowest BCUT2D eigenvalue weighted by Crippen LogP contribution is -2.25. The van der Waals surface area contributed by atoms with Crippen LogP contribution in [0.2, 0.25) is 0 Å². The maximum atomic E-state index is 12.1. The Kier molecular flexibility index (Phi) is 5.22. The summed E-state index contributed by atoms with van der Waals surface area (Å²) in [6.07, 6.45) is 8.83. The van der Waals surface area contributed by atoms with Gasteiger partial charge in [-0.05, 0) is 47.9 Å². The number of hydrogen-bond acceptors (Lipinski definition) is 3. The minimum Gasteiger partial charge on any atom is -0.352 e. The van der Waals surface area contributed by atoms with Gasteiger partial charge in [0.25, 0.3) is 0 Å². The number of carbonyl (C=O) groups excluding carboxylic acids is 1. The SMILES string of the molecule is O=C(CC1CCCCC1)NCc1ccnc(-c2cccs2)c1. The zero-order valence-electron chi connectivity index (χ0n) is 12.8. The topological polar surface area (TPSA) is 42.0 Å². The molecule has 1 aliphatic carbocycles. The molecule has 0 atom stereocenters. The summed E-state index contributed by atoms with van der Waals surface area (Å²) in [5.41, 5.74) is 2.09. The van der Waals surface area contributed by atoms with Crippen molar-refractivity contribution in [2.45, 2.75) is 45.1 Å². The van der Waals surface area contributed by atoms with Crippen LogP contribution in [-0.2, 0) is 11.3 Å². The summed E-state index contributed by atoms with van der Waals surface area (Å²) in [5, 5.41) is 5.11. The summed E-state index contributed by atoms with van der Waals surface area (Å²) in [4.78, 5) is 17.6. The second-order valence-electron chi connectivity index (χ2n) is 6.01. The van der Waals surface area contributed by atoms with E-state index in [1.54, 1.807) is 11.3 Å². The first-order valence-corrected chi connectivity index (χ1v) is 8.95. The molecule has 0 aromatic carbocycles. The highest BCUT2D eigenvalue weighted by Gasteiger charge is 2.16. The second-order valence-corrected chi connectivity index (χ2v) is 6.96. The van der Waals surface area contributed by atoms with Crippen LogP contribution in [0.5, 0.6) is 0 Å². The normalized spacial score (nSPS) is 15.6. The van der Waals surface area contributed by atoms with E-state index in [0.29, 0.717) is 18.9 Å². The first kappa shape index (κ1) is 15.2. The van der Waals surface area contributed by atoms with Gasteiger partial charge in [0, 0.05) is 19.2 Å². The summed E-state index contributed by atoms with van der Waals surface area (Å²) in [5.74, 6) is 0.772. The van der Waals surface area contributed by atoms with Gasteiger partial charge in [-0.15, -0.1) is 11.3 Å². The quantitative estimate of drug-likeness (QED) is 0.889. The van der Waals surface area contributed by atoms with Gasteiger partial charge in [0.05, 0.1) is 10.6 Å². The number of amides is 1. The maximum Gasteiger partial charge on any atom is 0.220 e. The molecule has 2 heterocycles. The van der Waals surface area contributed by atoms with E-state index >= 15 is 0 Å². The second kappa shape index (κ2) is 7.54. The lowest BCUT2D eigenvalue weighted by molar-refractivity contribution is -0.122. The van der Waals surface area contributed by atoms with E-state index in [2.05, 4.69) is 27.8 Å². The highest BCUT2D eigenvalue weighted by Crippen LogP contribution is 2.26. The summed E-state index contributed by atoms with van der Waals surface area (Å²) < 4.78 is 0. The molecular formula is C18H22N2OS. The lowest BCUT2D eigenvalue weighted by Gasteiger charge is -2.20. The summed E-state index contributed by atoms with van der Waals surface area (Å²) >= 11 is 1.68. The summed E-state index contributed by atoms with van der Waals surface area (Å²) in [6.45, 7) is 0.590. The molecule has 4 heteroatoms. The fourth-order valence-corrected chi connectivity index (χ4v) is 3.76. The third kappa shape index (κ3) is 4.17. The van der Waals surface area contributed by atoms with E-state index in [9.17, 15) is 4.79 Å². The Bertz CT molecular complexity index is 603. The highest BCUT2D eigenvalue weighted by molar-refractivity contribution is 7.13. The molecule has 22 heavy (non-hydrogen) atoms. The number of aromatic nitrogens is 1. The molecule has 2 aromatic rings. The number of pyridine rings is 1. The van der Waals surface area contributed by atoms with Crippen LogP contribution < -0.4 is 5.32 Å². The fraction of sp³-hybridized carbons (Fsp3) is 0.444. The number of rotatable bonds is 5. The third-order valence-corrected chi connectivity index (χ3v) is 5.18. The Labute approximate surface area is 135 Å². The van der Waals surface area contributed by atoms with Gasteiger partial charge in [0.15, 0.2) is 0 Å². The predicted molar refractivity (Wildman–Crippen MR) is 90.6 cm³/mol. The molecule has 1 amide bonds. The zero-order valence-corrected chi connectivity index (χ0v) is 13.6. The van der Waals surface area contributed by atoms with Crippen LogP contribution in [-0.4, -0.2) is 10.9 Å². The van der Waals surface area contributed by atoms with Gasteiger partial charge >= 0.3 is 0 Å². The first-order chi connectivity index (χ1) is 10.8. The Morgan fingerprint density at radius 2 is 2.14 bits per heavy atom. The molecule has 0 bridgehead atoms. The van der Waals surface area contributed by atoms with Crippen LogP contribution in [0, 0.1) is 5.92 Å². The smallest absolute Gasteiger partial charge is 0.220 e. The van der Waals surface area contributed by atoms with Crippen LogP contribution in [0.15, 0.2) is 35.8 Å². The van der Waals surface area contributed by atoms with Crippen molar-refractivity contribution in [3.05, 3.63) is 41.4 Å². The molecule has 0 unspecified atom stereocenters. The molecule has 1 saturated carbocycles. The summed E-state index contributed by atoms with van der Waals surface area (Å²) in [6, 6.07) is 8.13. The number of thiophene rings is 1. The van der Waals surface area contributed by atoms with E-state index in [1.807, 2.05) is 18.3 Å². The Morgan fingerprint density at radius 1 is 1.27 bits per heavy atom. The Balaban J connectivity index is 1.52. The highest BCUT2D eigenvalue weighted by atomic mass is 32.1. The third-order valence-electron chi connectivity index (χ3n) is 4.29. The molecule has 0 saturated heterocycles. The maximum absolute atomic E-state index is 12.1. The van der Waals surface area contributed by atoms with Crippen molar-refractivity contribution in [1.29, 1.82) is 0 Å². The minimum absolute atomic E-state index is 0.182. The molecule has 0 radical (unpaired) electrons. The van der Waals surface area contributed by atoms with Gasteiger partial charge in [-0.25, -0.2) is 0 Å². The van der Waals surface area contributed by atoms with Crippen molar-refractivity contribution in [3.63, 3.8) is 0 Å². The van der Waals surface area contributed by atoms with Gasteiger partial charge in [-0.1, -0.05) is 25.3 Å². The van der Waals surface area contributed by atoms with Crippen LogP contribution in [0.3, 0.4) is 0 Å². The molecule has 3 nitrogen and oxygen atoms in total. The van der Waals surface area contributed by atoms with Gasteiger partial charge in [0.2, 0.25) is 5.91 Å². The minimum atomic E-state index is 0.182. The average Bonchev–Trinajstić information content (AvgIpc) is 3.09. The van der Waals surface area contributed by atoms with Crippen molar-refractivity contribution in [2.75, 3.05) is 0 Å². The fourth-order valence-electron chi connectivity index (χ4n) is 3.07. The van der Waals surface area contributed by atoms with Gasteiger partial charge < -0.3 is 5.32 Å². The molecule has 2 aromatic heterocycles. The van der Waals surface area contributed by atoms with Crippen LogP contribution in [0.25, 0.3) is 10.6 Å². The van der Waals surface area contributed by atoms with Gasteiger partial charge in [0.1, 0.15) is 0 Å². The molecular weight excluding hydrogens is 292 g/mol. The van der Waals surface area contributed by atoms with Crippen molar-refractivity contribution >= 4 is 17.2 Å². The average molecular weight is 314 g/mol. The number of nitrogens with zero attached hydrogens (tertiary/aromatic N) is 1. The molecule has 1 N–H and O–H groups in total. The molecule has 1 fully saturated rings. The number of hydrogen-bond donors (Lipinski definition) is 1. The van der Waals surface area contributed by atoms with E-state index in [1.165, 1.54) is 32.1 Å². The van der Waals surface area contributed by atoms with Crippen LogP contribution >= 0.6 is 11.3 Å². The lowest BCUT2D eigenvalue weighted by atomic mass is 9.87. The van der Waals surface area contributed by atoms with Gasteiger partial charge in [-0.3, -0.25) is 9.78 Å². The molecule has 1 aliphatic rings. The molecule has 0 aliphatic heterocycles. The van der Waals surface area contributed by atoms with E-state index < -0.39 is 0 Å². The van der Waals surface area contributed by atoms with Crippen molar-refractivity contribution < 1.29 is 4.79 Å². The molecule has 3 rings (SSSR count). The van der Waals surface area contributed by atoms with Crippen molar-refractivity contribution in [3.8, 4) is 10.6 Å². The number of carbonyl (C=O) groups is 1. The monoisotopic (exact) mass is 314 g/mol. The number of nitrogens with one attached hydrogen (secondary N) is 1. The largest absolute Gasteiger partial charge is 0.352 e. The predicted octanol–water partition coefficient (Wildman–Crippen LogP) is 4.40. The van der Waals surface area contributed by atoms with E-state index in [-0.39, 0.29) is 5.91 Å². The Hall–Kier alpha value is -1.68. The molecule has 116 valence electrons. The summed E-state index contributed by atoms with van der Waals surface area (Å²) in [7, 11) is 0. The Morgan fingerprint density at radius 3 is 2.91 bits per heavy atom. The van der Waals surface area contributed by atoms with Gasteiger partial charge in [-0.2, -0.15) is 0 Å². The van der Waals surface area contributed by atoms with Crippen LogP contribution in [0.1, 0.15) is 44.1 Å². The first-order valence-electron chi connectivity index (χ1n) is 8.07.